The number of aryl methyl sites for hydroxylation is 1. The third-order valence-corrected chi connectivity index (χ3v) is 6.63. The van der Waals surface area contributed by atoms with Crippen LogP contribution in [0.15, 0.2) is 65.3 Å². The van der Waals surface area contributed by atoms with Crippen molar-refractivity contribution in [1.29, 1.82) is 0 Å². The Morgan fingerprint density at radius 3 is 2.35 bits per heavy atom. The molecule has 8 heteroatoms. The number of carbonyl (C=O) groups is 1. The second kappa shape index (κ2) is 11.0. The largest absolute Gasteiger partial charge is 0.361 e. The van der Waals surface area contributed by atoms with E-state index in [0.717, 1.165) is 16.7 Å². The second-order valence-electron chi connectivity index (χ2n) is 6.88. The van der Waals surface area contributed by atoms with E-state index in [9.17, 15) is 9.36 Å². The molecular formula is C23H27N2O5P. The Balaban J connectivity index is 1.55. The van der Waals surface area contributed by atoms with E-state index in [1.165, 1.54) is 0 Å². The lowest BCUT2D eigenvalue weighted by Gasteiger charge is -2.17. The van der Waals surface area contributed by atoms with Crippen LogP contribution in [0.4, 0.5) is 5.69 Å². The predicted octanol–water partition coefficient (Wildman–Crippen LogP) is 5.68. The van der Waals surface area contributed by atoms with Gasteiger partial charge in [0, 0.05) is 24.1 Å². The van der Waals surface area contributed by atoms with Gasteiger partial charge in [0.25, 0.3) is 0 Å². The van der Waals surface area contributed by atoms with Crippen LogP contribution in [0.2, 0.25) is 0 Å². The fourth-order valence-electron chi connectivity index (χ4n) is 3.19. The molecular weight excluding hydrogens is 415 g/mol. The Hall–Kier alpha value is -2.73. The molecule has 31 heavy (non-hydrogen) atoms. The Morgan fingerprint density at radius 1 is 1.03 bits per heavy atom. The van der Waals surface area contributed by atoms with Crippen LogP contribution >= 0.6 is 7.60 Å². The summed E-state index contributed by atoms with van der Waals surface area (Å²) in [5.41, 5.74) is 3.38. The van der Waals surface area contributed by atoms with Gasteiger partial charge in [-0.25, -0.2) is 0 Å². The highest BCUT2D eigenvalue weighted by molar-refractivity contribution is 7.53. The molecule has 0 unspecified atom stereocenters. The molecule has 0 aliphatic heterocycles. The van der Waals surface area contributed by atoms with Gasteiger partial charge < -0.3 is 18.9 Å². The van der Waals surface area contributed by atoms with Crippen molar-refractivity contribution in [2.75, 3.05) is 18.5 Å². The number of nitrogens with zero attached hydrogens (tertiary/aromatic N) is 1. The van der Waals surface area contributed by atoms with E-state index < -0.39 is 7.60 Å². The fraction of sp³-hybridized carbons (Fsp3) is 0.304. The molecule has 3 aromatic rings. The molecule has 0 atom stereocenters. The van der Waals surface area contributed by atoms with Crippen LogP contribution in [0.25, 0.3) is 11.1 Å². The molecule has 0 radical (unpaired) electrons. The summed E-state index contributed by atoms with van der Waals surface area (Å²) >= 11 is 0. The molecule has 1 amide bonds. The molecule has 2 aromatic carbocycles. The van der Waals surface area contributed by atoms with E-state index in [2.05, 4.69) is 10.5 Å². The minimum Gasteiger partial charge on any atom is -0.361 e. The van der Waals surface area contributed by atoms with Crippen molar-refractivity contribution in [3.8, 4) is 11.1 Å². The van der Waals surface area contributed by atoms with Gasteiger partial charge in [-0.05, 0) is 37.1 Å². The number of benzene rings is 2. The van der Waals surface area contributed by atoms with Crippen LogP contribution in [-0.4, -0.2) is 24.3 Å². The van der Waals surface area contributed by atoms with Crippen molar-refractivity contribution in [1.82, 2.24) is 5.16 Å². The summed E-state index contributed by atoms with van der Waals surface area (Å²) < 4.78 is 28.6. The standard InChI is InChI=1S/C23H27N2O5P/c1-3-28-31(27,29-4-2)17-18-10-12-20(13-11-18)25-23(26)15-14-22-21(16-24-30-22)19-8-6-5-7-9-19/h5-13,16H,3-4,14-15,17H2,1-2H3,(H,25,26). The van der Waals surface area contributed by atoms with E-state index in [1.54, 1.807) is 32.2 Å². The Bertz CT molecular complexity index is 1010. The van der Waals surface area contributed by atoms with Crippen LogP contribution in [0.3, 0.4) is 0 Å². The molecule has 3 rings (SSSR count). The highest BCUT2D eigenvalue weighted by Gasteiger charge is 2.24. The summed E-state index contributed by atoms with van der Waals surface area (Å²) in [5.74, 6) is 0.553. The van der Waals surface area contributed by atoms with Gasteiger partial charge in [0.15, 0.2) is 0 Å². The molecule has 0 aliphatic rings. The zero-order valence-corrected chi connectivity index (χ0v) is 18.6. The van der Waals surface area contributed by atoms with Gasteiger partial charge in [0.05, 0.1) is 25.6 Å². The summed E-state index contributed by atoms with van der Waals surface area (Å²) in [6.45, 7) is 4.21. The van der Waals surface area contributed by atoms with Crippen LogP contribution in [0.1, 0.15) is 31.6 Å². The van der Waals surface area contributed by atoms with Crippen LogP contribution in [0.5, 0.6) is 0 Å². The van der Waals surface area contributed by atoms with E-state index in [-0.39, 0.29) is 18.5 Å². The van der Waals surface area contributed by atoms with Crippen molar-refractivity contribution < 1.29 is 22.9 Å². The van der Waals surface area contributed by atoms with Crippen LogP contribution in [-0.2, 0) is 31.0 Å². The molecule has 0 aliphatic carbocycles. The number of aromatic nitrogens is 1. The summed E-state index contributed by atoms with van der Waals surface area (Å²) in [5, 5.41) is 6.75. The molecule has 1 aromatic heterocycles. The average Bonchev–Trinajstić information content (AvgIpc) is 3.23. The average molecular weight is 442 g/mol. The highest BCUT2D eigenvalue weighted by Crippen LogP contribution is 2.51. The Labute approximate surface area is 182 Å². The SMILES string of the molecule is CCOP(=O)(Cc1ccc(NC(=O)CCc2oncc2-c2ccccc2)cc1)OCC. The third kappa shape index (κ3) is 6.62. The molecule has 7 nitrogen and oxygen atoms in total. The van der Waals surface area contributed by atoms with Gasteiger partial charge in [-0.2, -0.15) is 0 Å². The summed E-state index contributed by atoms with van der Waals surface area (Å²) in [6, 6.07) is 17.0. The van der Waals surface area contributed by atoms with Crippen molar-refractivity contribution in [3.05, 3.63) is 72.1 Å². The van der Waals surface area contributed by atoms with Gasteiger partial charge in [0.1, 0.15) is 5.76 Å². The number of amides is 1. The first-order valence-electron chi connectivity index (χ1n) is 10.3. The summed E-state index contributed by atoms with van der Waals surface area (Å²) in [6.07, 6.45) is 2.57. The monoisotopic (exact) mass is 442 g/mol. The summed E-state index contributed by atoms with van der Waals surface area (Å²) in [4.78, 5) is 12.4. The third-order valence-electron chi connectivity index (χ3n) is 4.57. The van der Waals surface area contributed by atoms with Gasteiger partial charge >= 0.3 is 7.60 Å². The minimum absolute atomic E-state index is 0.127. The van der Waals surface area contributed by atoms with Crippen molar-refractivity contribution in [3.63, 3.8) is 0 Å². The Morgan fingerprint density at radius 2 is 1.71 bits per heavy atom. The number of nitrogens with one attached hydrogen (secondary N) is 1. The van der Waals surface area contributed by atoms with Gasteiger partial charge in [-0.15, -0.1) is 0 Å². The first-order chi connectivity index (χ1) is 15.0. The Kier molecular flexibility index (Phi) is 8.18. The lowest BCUT2D eigenvalue weighted by atomic mass is 10.0. The fourth-order valence-corrected chi connectivity index (χ4v) is 4.89. The zero-order valence-electron chi connectivity index (χ0n) is 17.7. The number of hydrogen-bond donors (Lipinski definition) is 1. The number of carbonyl (C=O) groups excluding carboxylic acids is 1. The highest BCUT2D eigenvalue weighted by atomic mass is 31.2. The molecule has 164 valence electrons. The predicted molar refractivity (Wildman–Crippen MR) is 120 cm³/mol. The van der Waals surface area contributed by atoms with Crippen LogP contribution < -0.4 is 5.32 Å². The summed E-state index contributed by atoms with van der Waals surface area (Å²) in [7, 11) is -3.16. The van der Waals surface area contributed by atoms with Gasteiger partial charge in [-0.1, -0.05) is 47.6 Å². The maximum Gasteiger partial charge on any atom is 0.335 e. The lowest BCUT2D eigenvalue weighted by Crippen LogP contribution is -2.12. The van der Waals surface area contributed by atoms with E-state index in [4.69, 9.17) is 13.6 Å². The smallest absolute Gasteiger partial charge is 0.335 e. The number of hydrogen-bond acceptors (Lipinski definition) is 6. The normalized spacial score (nSPS) is 11.4. The number of anilines is 1. The molecule has 0 saturated carbocycles. The second-order valence-corrected chi connectivity index (χ2v) is 8.93. The first-order valence-corrected chi connectivity index (χ1v) is 12.0. The van der Waals surface area contributed by atoms with Gasteiger partial charge in [-0.3, -0.25) is 9.36 Å². The molecule has 1 heterocycles. The van der Waals surface area contributed by atoms with E-state index in [0.29, 0.717) is 31.1 Å². The van der Waals surface area contributed by atoms with Gasteiger partial charge in [0.2, 0.25) is 5.91 Å². The van der Waals surface area contributed by atoms with Crippen molar-refractivity contribution in [2.24, 2.45) is 0 Å². The minimum atomic E-state index is -3.16. The molecule has 0 fully saturated rings. The topological polar surface area (TPSA) is 90.7 Å². The maximum absolute atomic E-state index is 12.6. The zero-order chi connectivity index (χ0) is 22.1. The molecule has 0 spiro atoms. The van der Waals surface area contributed by atoms with E-state index >= 15 is 0 Å². The van der Waals surface area contributed by atoms with Crippen molar-refractivity contribution in [2.45, 2.75) is 32.9 Å². The first kappa shape index (κ1) is 22.9. The van der Waals surface area contributed by atoms with Crippen LogP contribution in [0, 0.1) is 0 Å². The number of rotatable bonds is 11. The molecule has 1 N–H and O–H groups in total. The quantitative estimate of drug-likeness (QED) is 0.384. The van der Waals surface area contributed by atoms with E-state index in [1.807, 2.05) is 42.5 Å². The van der Waals surface area contributed by atoms with Crippen molar-refractivity contribution >= 4 is 19.2 Å². The maximum atomic E-state index is 12.6. The molecule has 0 saturated heterocycles. The lowest BCUT2D eigenvalue weighted by molar-refractivity contribution is -0.116. The molecule has 0 bridgehead atoms.